The van der Waals surface area contributed by atoms with Crippen LogP contribution in [0.2, 0.25) is 0 Å². The summed E-state index contributed by atoms with van der Waals surface area (Å²) in [6.45, 7) is 6.39. The van der Waals surface area contributed by atoms with Crippen molar-refractivity contribution in [2.24, 2.45) is 0 Å². The summed E-state index contributed by atoms with van der Waals surface area (Å²) < 4.78 is 1.94. The highest BCUT2D eigenvalue weighted by Crippen LogP contribution is 2.17. The molecule has 21 heavy (non-hydrogen) atoms. The molecule has 1 aromatic heterocycles. The summed E-state index contributed by atoms with van der Waals surface area (Å²) in [6.07, 6.45) is 3.17. The predicted molar refractivity (Wildman–Crippen MR) is 83.3 cm³/mol. The van der Waals surface area contributed by atoms with Gasteiger partial charge in [-0.3, -0.25) is 14.8 Å². The molecule has 2 rings (SSSR count). The number of aryl methyl sites for hydroxylation is 1. The lowest BCUT2D eigenvalue weighted by atomic mass is 9.95. The van der Waals surface area contributed by atoms with Crippen LogP contribution in [0.15, 0.2) is 30.5 Å². The minimum atomic E-state index is -0.892. The normalized spacial score (nSPS) is 14.5. The highest BCUT2D eigenvalue weighted by Gasteiger charge is 2.32. The van der Waals surface area contributed by atoms with Crippen LogP contribution in [-0.4, -0.2) is 32.4 Å². The minimum Gasteiger partial charge on any atom is -0.480 e. The van der Waals surface area contributed by atoms with Gasteiger partial charge in [0.15, 0.2) is 0 Å². The second kappa shape index (κ2) is 6.26. The molecule has 2 aromatic rings. The molecule has 5 heteroatoms. The number of carboxylic acids is 1. The molecule has 1 aromatic carbocycles. The van der Waals surface area contributed by atoms with E-state index in [1.807, 2.05) is 49.0 Å². The fraction of sp³-hybridized carbons (Fsp3) is 0.500. The van der Waals surface area contributed by atoms with Crippen LogP contribution in [0.3, 0.4) is 0 Å². The van der Waals surface area contributed by atoms with Crippen molar-refractivity contribution in [3.05, 3.63) is 30.5 Å². The first-order valence-electron chi connectivity index (χ1n) is 7.34. The summed E-state index contributed by atoms with van der Waals surface area (Å²) in [5, 5.41) is 18.0. The Bertz CT molecular complexity index is 621. The second-order valence-electron chi connectivity index (χ2n) is 5.97. The first-order chi connectivity index (χ1) is 9.92. The molecule has 0 saturated heterocycles. The quantitative estimate of drug-likeness (QED) is 0.822. The van der Waals surface area contributed by atoms with Gasteiger partial charge in [-0.1, -0.05) is 18.2 Å². The number of benzene rings is 1. The zero-order chi connectivity index (χ0) is 15.5. The summed E-state index contributed by atoms with van der Waals surface area (Å²) in [6, 6.07) is 8.17. The summed E-state index contributed by atoms with van der Waals surface area (Å²) in [4.78, 5) is 11.5. The maximum atomic E-state index is 11.5. The molecule has 0 saturated carbocycles. The molecule has 114 valence electrons. The van der Waals surface area contributed by atoms with E-state index in [1.54, 1.807) is 6.92 Å². The van der Waals surface area contributed by atoms with Gasteiger partial charge in [0.05, 0.1) is 11.7 Å². The number of carbonyl (C=O) groups is 1. The Labute approximate surface area is 125 Å². The maximum Gasteiger partial charge on any atom is 0.323 e. The Balaban J connectivity index is 2.01. The average Bonchev–Trinajstić information content (AvgIpc) is 2.81. The first kappa shape index (κ1) is 15.5. The molecule has 0 radical (unpaired) electrons. The lowest BCUT2D eigenvalue weighted by molar-refractivity contribution is -0.144. The summed E-state index contributed by atoms with van der Waals surface area (Å²) >= 11 is 0. The molecule has 5 nitrogen and oxygen atoms in total. The molecule has 0 fully saturated rings. The summed E-state index contributed by atoms with van der Waals surface area (Å²) in [5.41, 5.74) is 0.197. The molecule has 1 heterocycles. The van der Waals surface area contributed by atoms with E-state index in [9.17, 15) is 9.90 Å². The van der Waals surface area contributed by atoms with Crippen LogP contribution in [0.5, 0.6) is 0 Å². The second-order valence-corrected chi connectivity index (χ2v) is 5.97. The largest absolute Gasteiger partial charge is 0.480 e. The van der Waals surface area contributed by atoms with E-state index in [2.05, 4.69) is 10.4 Å². The lowest BCUT2D eigenvalue weighted by Gasteiger charge is -2.28. The van der Waals surface area contributed by atoms with Gasteiger partial charge in [0.25, 0.3) is 0 Å². The van der Waals surface area contributed by atoms with E-state index in [4.69, 9.17) is 0 Å². The van der Waals surface area contributed by atoms with Gasteiger partial charge < -0.3 is 5.11 Å². The van der Waals surface area contributed by atoms with Crippen LogP contribution in [-0.2, 0) is 11.3 Å². The van der Waals surface area contributed by atoms with Gasteiger partial charge in [0.2, 0.25) is 0 Å². The third kappa shape index (κ3) is 3.61. The minimum absolute atomic E-state index is 0.136. The first-order valence-corrected chi connectivity index (χ1v) is 7.34. The molecule has 0 amide bonds. The average molecular weight is 289 g/mol. The van der Waals surface area contributed by atoms with Crippen LogP contribution in [0.25, 0.3) is 10.9 Å². The number of aliphatic carboxylic acids is 1. The number of para-hydroxylation sites is 1. The molecule has 0 bridgehead atoms. The van der Waals surface area contributed by atoms with Crippen molar-refractivity contribution in [3.8, 4) is 0 Å². The van der Waals surface area contributed by atoms with Crippen molar-refractivity contribution in [1.82, 2.24) is 15.1 Å². The number of hydrogen-bond donors (Lipinski definition) is 2. The fourth-order valence-corrected chi connectivity index (χ4v) is 2.66. The molecule has 2 N–H and O–H groups in total. The highest BCUT2D eigenvalue weighted by molar-refractivity contribution is 5.78. The van der Waals surface area contributed by atoms with Gasteiger partial charge in [-0.15, -0.1) is 0 Å². The zero-order valence-electron chi connectivity index (χ0n) is 12.8. The summed E-state index contributed by atoms with van der Waals surface area (Å²) in [7, 11) is 0. The standard InChI is InChI=1S/C16H23N3O2/c1-12(2)18-16(3,15(20)21)9-6-10-19-14-8-5-4-7-13(14)11-17-19/h4-5,7-8,11-12,18H,6,9-10H2,1-3H3,(H,20,21). The predicted octanol–water partition coefficient (Wildman–Crippen LogP) is 2.66. The van der Waals surface area contributed by atoms with Gasteiger partial charge in [0.1, 0.15) is 5.54 Å². The van der Waals surface area contributed by atoms with E-state index in [0.29, 0.717) is 6.42 Å². The Morgan fingerprint density at radius 1 is 1.43 bits per heavy atom. The van der Waals surface area contributed by atoms with Crippen LogP contribution in [0.1, 0.15) is 33.6 Å². The van der Waals surface area contributed by atoms with E-state index >= 15 is 0 Å². The summed E-state index contributed by atoms with van der Waals surface area (Å²) in [5.74, 6) is -0.804. The number of carboxylic acid groups (broad SMARTS) is 1. The van der Waals surface area contributed by atoms with E-state index < -0.39 is 11.5 Å². The topological polar surface area (TPSA) is 67.2 Å². The van der Waals surface area contributed by atoms with Crippen molar-refractivity contribution < 1.29 is 9.90 Å². The fourth-order valence-electron chi connectivity index (χ4n) is 2.66. The lowest BCUT2D eigenvalue weighted by Crippen LogP contribution is -2.52. The Morgan fingerprint density at radius 2 is 2.14 bits per heavy atom. The molecule has 1 unspecified atom stereocenters. The SMILES string of the molecule is CC(C)NC(C)(CCCn1ncc2ccccc21)C(=O)O. The molecule has 0 spiro atoms. The van der Waals surface area contributed by atoms with Gasteiger partial charge >= 0.3 is 5.97 Å². The molecule has 0 aliphatic heterocycles. The number of rotatable bonds is 7. The van der Waals surface area contributed by atoms with Crippen LogP contribution in [0.4, 0.5) is 0 Å². The van der Waals surface area contributed by atoms with E-state index in [-0.39, 0.29) is 6.04 Å². The third-order valence-electron chi connectivity index (χ3n) is 3.68. The molecular formula is C16H23N3O2. The van der Waals surface area contributed by atoms with Gasteiger partial charge in [-0.05, 0) is 39.7 Å². The van der Waals surface area contributed by atoms with Crippen molar-refractivity contribution in [2.75, 3.05) is 0 Å². The van der Waals surface area contributed by atoms with Gasteiger partial charge in [-0.25, -0.2) is 0 Å². The Hall–Kier alpha value is -1.88. The van der Waals surface area contributed by atoms with Gasteiger partial charge in [-0.2, -0.15) is 5.10 Å². The van der Waals surface area contributed by atoms with Crippen LogP contribution >= 0.6 is 0 Å². The molecule has 0 aliphatic carbocycles. The van der Waals surface area contributed by atoms with Crippen molar-refractivity contribution in [2.45, 2.75) is 51.7 Å². The number of fused-ring (bicyclic) bond motifs is 1. The highest BCUT2D eigenvalue weighted by atomic mass is 16.4. The monoisotopic (exact) mass is 289 g/mol. The number of nitrogens with one attached hydrogen (secondary N) is 1. The van der Waals surface area contributed by atoms with E-state index in [1.165, 1.54) is 0 Å². The van der Waals surface area contributed by atoms with Crippen molar-refractivity contribution in [3.63, 3.8) is 0 Å². The molecular weight excluding hydrogens is 266 g/mol. The number of hydrogen-bond acceptors (Lipinski definition) is 3. The molecule has 1 atom stereocenters. The van der Waals surface area contributed by atoms with E-state index in [0.717, 1.165) is 23.9 Å². The van der Waals surface area contributed by atoms with Gasteiger partial charge in [0, 0.05) is 18.0 Å². The molecule has 0 aliphatic rings. The number of aromatic nitrogens is 2. The van der Waals surface area contributed by atoms with Crippen molar-refractivity contribution in [1.29, 1.82) is 0 Å². The maximum absolute atomic E-state index is 11.5. The third-order valence-corrected chi connectivity index (χ3v) is 3.68. The Kier molecular flexibility index (Phi) is 4.63. The Morgan fingerprint density at radius 3 is 2.81 bits per heavy atom. The van der Waals surface area contributed by atoms with Crippen LogP contribution in [0, 0.1) is 0 Å². The van der Waals surface area contributed by atoms with Crippen LogP contribution < -0.4 is 5.32 Å². The number of nitrogens with zero attached hydrogens (tertiary/aromatic N) is 2. The van der Waals surface area contributed by atoms with Crippen molar-refractivity contribution >= 4 is 16.9 Å². The zero-order valence-corrected chi connectivity index (χ0v) is 12.8. The smallest absolute Gasteiger partial charge is 0.323 e.